The molecular weight excluding hydrogens is 570 g/mol. The zero-order chi connectivity index (χ0) is 28.9. The van der Waals surface area contributed by atoms with E-state index >= 15 is 0 Å². The van der Waals surface area contributed by atoms with Gasteiger partial charge in [0.2, 0.25) is 0 Å². The van der Waals surface area contributed by atoms with Crippen LogP contribution in [-0.4, -0.2) is 23.4 Å². The van der Waals surface area contributed by atoms with Gasteiger partial charge in [-0.25, -0.2) is 4.67 Å². The van der Waals surface area contributed by atoms with E-state index in [2.05, 4.69) is 0 Å². The van der Waals surface area contributed by atoms with E-state index in [0.717, 1.165) is 29.8 Å². The summed E-state index contributed by atoms with van der Waals surface area (Å²) in [5.41, 5.74) is -1.54. The number of alkyl halides is 6. The Morgan fingerprint density at radius 3 is 1.77 bits per heavy atom. The van der Waals surface area contributed by atoms with Crippen molar-refractivity contribution in [2.75, 3.05) is 7.05 Å². The number of likely N-dealkylation sites (N-methyl/N-ethyl adjacent to an activating group) is 1. The number of benzene rings is 3. The Morgan fingerprint density at radius 2 is 1.30 bits per heavy atom. The molecule has 0 amide bonds. The van der Waals surface area contributed by atoms with Gasteiger partial charge in [-0.15, -0.1) is 0 Å². The summed E-state index contributed by atoms with van der Waals surface area (Å²) in [6.07, 6.45) is -4.34. The summed E-state index contributed by atoms with van der Waals surface area (Å²) in [5, 5.41) is 1.61. The van der Waals surface area contributed by atoms with E-state index in [1.54, 1.807) is 29.9 Å². The van der Waals surface area contributed by atoms with E-state index in [1.165, 1.54) is 24.3 Å². The van der Waals surface area contributed by atoms with E-state index < -0.39 is 50.7 Å². The van der Waals surface area contributed by atoms with Gasteiger partial charge < -0.3 is 4.52 Å². The fourth-order valence-corrected chi connectivity index (χ4v) is 10.8. The highest BCUT2D eigenvalue weighted by Crippen LogP contribution is 2.70. The maximum atomic E-state index is 14.6. The van der Waals surface area contributed by atoms with Crippen molar-refractivity contribution in [1.29, 1.82) is 0 Å². The molecule has 3 aromatic rings. The first-order valence-corrected chi connectivity index (χ1v) is 15.4. The van der Waals surface area contributed by atoms with Crippen LogP contribution in [-0.2, 0) is 21.4 Å². The predicted molar refractivity (Wildman–Crippen MR) is 145 cm³/mol. The zero-order valence-electron chi connectivity index (χ0n) is 21.4. The summed E-state index contributed by atoms with van der Waals surface area (Å²) in [5.74, 6) is 0. The highest BCUT2D eigenvalue weighted by Gasteiger charge is 2.53. The quantitative estimate of drug-likeness (QED) is 0.220. The second-order valence-corrected chi connectivity index (χ2v) is 14.4. The van der Waals surface area contributed by atoms with Crippen molar-refractivity contribution < 1.29 is 35.4 Å². The molecule has 1 aliphatic heterocycles. The molecule has 40 heavy (non-hydrogen) atoms. The highest BCUT2D eigenvalue weighted by molar-refractivity contribution is 7.78. The lowest BCUT2D eigenvalue weighted by Crippen LogP contribution is -2.27. The first kappa shape index (κ1) is 28.8. The van der Waals surface area contributed by atoms with Gasteiger partial charge in [-0.2, -0.15) is 26.3 Å². The van der Waals surface area contributed by atoms with E-state index in [9.17, 15) is 30.9 Å². The second-order valence-electron chi connectivity index (χ2n) is 9.66. The average molecular weight is 595 g/mol. The van der Waals surface area contributed by atoms with Crippen LogP contribution >= 0.6 is 15.4 Å². The van der Waals surface area contributed by atoms with E-state index in [1.807, 2.05) is 37.3 Å². The number of nitrogens with zero attached hydrogens (tertiary/aromatic N) is 1. The first-order chi connectivity index (χ1) is 18.8. The van der Waals surface area contributed by atoms with Crippen molar-refractivity contribution in [2.24, 2.45) is 0 Å². The fourth-order valence-electron chi connectivity index (χ4n) is 5.00. The summed E-state index contributed by atoms with van der Waals surface area (Å²) < 4.78 is 102. The molecule has 0 saturated carbocycles. The van der Waals surface area contributed by atoms with Crippen molar-refractivity contribution in [3.8, 4) is 0 Å². The largest absolute Gasteiger partial charge is 0.416 e. The molecule has 1 heterocycles. The molecule has 1 aliphatic carbocycles. The van der Waals surface area contributed by atoms with Gasteiger partial charge in [0.15, 0.2) is 0 Å². The molecule has 4 atom stereocenters. The molecule has 1 fully saturated rings. The maximum Gasteiger partial charge on any atom is 0.416 e. The Balaban J connectivity index is 1.56. The van der Waals surface area contributed by atoms with Gasteiger partial charge in [0, 0.05) is 6.04 Å². The Kier molecular flexibility index (Phi) is 7.64. The van der Waals surface area contributed by atoms with Gasteiger partial charge in [0.1, 0.15) is 6.10 Å². The maximum absolute atomic E-state index is 14.6. The molecule has 210 valence electrons. The van der Waals surface area contributed by atoms with Crippen LogP contribution in [0.1, 0.15) is 29.7 Å². The van der Waals surface area contributed by atoms with Gasteiger partial charge in [0.05, 0.1) is 16.8 Å². The molecule has 0 N–H and O–H groups in total. The van der Waals surface area contributed by atoms with Crippen LogP contribution in [0.4, 0.5) is 26.3 Å². The lowest BCUT2D eigenvalue weighted by atomic mass is 10.0. The highest BCUT2D eigenvalue weighted by atomic mass is 31.2. The van der Waals surface area contributed by atoms with Crippen LogP contribution < -0.4 is 10.6 Å². The van der Waals surface area contributed by atoms with Crippen LogP contribution in [0.2, 0.25) is 0 Å². The smallest absolute Gasteiger partial charge is 0.307 e. The molecular formula is C29H25F6NO2P2. The summed E-state index contributed by atoms with van der Waals surface area (Å²) >= 11 is 0. The Hall–Kier alpha value is -2.70. The molecule has 5 rings (SSSR count). The lowest BCUT2D eigenvalue weighted by molar-refractivity contribution is -0.138. The van der Waals surface area contributed by atoms with Crippen molar-refractivity contribution in [1.82, 2.24) is 4.67 Å². The van der Waals surface area contributed by atoms with E-state index in [-0.39, 0.29) is 6.04 Å². The number of rotatable bonds is 5. The molecule has 11 heteroatoms. The Bertz CT molecular complexity index is 1410. The third-order valence-electron chi connectivity index (χ3n) is 7.24. The zero-order valence-corrected chi connectivity index (χ0v) is 23.2. The van der Waals surface area contributed by atoms with Crippen LogP contribution in [0, 0.1) is 0 Å². The first-order valence-electron chi connectivity index (χ1n) is 12.4. The SMILES string of the molecule is C[C@H]1[C@@H](c2ccccc2)OP(=O)(C2C=CC=C2P(c2ccc(C(F)(F)F)cc2)c2ccc(C(F)(F)F)cc2)N1C. The number of hydrogen-bond acceptors (Lipinski definition) is 2. The lowest BCUT2D eigenvalue weighted by Gasteiger charge is -2.31. The van der Waals surface area contributed by atoms with Crippen molar-refractivity contribution in [3.05, 3.63) is 119 Å². The van der Waals surface area contributed by atoms with Crippen molar-refractivity contribution in [2.45, 2.75) is 37.1 Å². The van der Waals surface area contributed by atoms with Crippen molar-refractivity contribution in [3.63, 3.8) is 0 Å². The second kappa shape index (κ2) is 10.6. The monoisotopic (exact) mass is 595 g/mol. The number of allylic oxidation sites excluding steroid dienone is 4. The minimum absolute atomic E-state index is 0.244. The molecule has 0 bridgehead atoms. The minimum atomic E-state index is -4.54. The third-order valence-corrected chi connectivity index (χ3v) is 12.9. The van der Waals surface area contributed by atoms with Crippen LogP contribution in [0.25, 0.3) is 0 Å². The van der Waals surface area contributed by atoms with E-state index in [4.69, 9.17) is 4.52 Å². The standard InChI is InChI=1S/C29H25F6NO2P2/c1-19-27(20-7-4-3-5-8-20)38-40(37,36(19)2)26-10-6-9-25(26)39(23-15-11-21(12-16-23)28(30,31)32)24-17-13-22(14-18-24)29(33,34)35/h3-19,26-27H,1-2H3/t19-,26?,27-,40?/m0/s1. The van der Waals surface area contributed by atoms with Crippen LogP contribution in [0.5, 0.6) is 0 Å². The van der Waals surface area contributed by atoms with Gasteiger partial charge in [-0.3, -0.25) is 4.57 Å². The Morgan fingerprint density at radius 1 is 0.800 bits per heavy atom. The molecule has 1 saturated heterocycles. The number of halogens is 6. The molecule has 0 spiro atoms. The molecule has 2 unspecified atom stereocenters. The normalized spacial score (nSPS) is 25.5. The summed E-state index contributed by atoms with van der Waals surface area (Å²) in [6.45, 7) is 1.91. The Labute approximate surface area is 229 Å². The average Bonchev–Trinajstić information content (AvgIpc) is 3.49. The van der Waals surface area contributed by atoms with Crippen LogP contribution in [0.15, 0.2) is 102 Å². The summed E-state index contributed by atoms with van der Waals surface area (Å²) in [7, 11) is -3.51. The topological polar surface area (TPSA) is 29.5 Å². The van der Waals surface area contributed by atoms with Gasteiger partial charge in [-0.1, -0.05) is 72.8 Å². The number of hydrogen-bond donors (Lipinski definition) is 0. The third kappa shape index (κ3) is 5.33. The van der Waals surface area contributed by atoms with Gasteiger partial charge in [-0.05, 0) is 67.6 Å². The van der Waals surface area contributed by atoms with Gasteiger partial charge in [0.25, 0.3) is 7.52 Å². The van der Waals surface area contributed by atoms with Gasteiger partial charge >= 0.3 is 12.4 Å². The molecule has 0 aromatic heterocycles. The summed E-state index contributed by atoms with van der Waals surface area (Å²) in [6, 6.07) is 18.3. The predicted octanol–water partition coefficient (Wildman–Crippen LogP) is 8.26. The summed E-state index contributed by atoms with van der Waals surface area (Å²) in [4.78, 5) is 0. The van der Waals surface area contributed by atoms with E-state index in [0.29, 0.717) is 15.9 Å². The fraction of sp³-hybridized carbons (Fsp3) is 0.241. The van der Waals surface area contributed by atoms with Crippen LogP contribution in [0.3, 0.4) is 0 Å². The molecule has 0 radical (unpaired) electrons. The van der Waals surface area contributed by atoms with Crippen molar-refractivity contribution >= 4 is 26.1 Å². The minimum Gasteiger partial charge on any atom is -0.307 e. The molecule has 2 aliphatic rings. The molecule has 3 aromatic carbocycles. The molecule has 3 nitrogen and oxygen atoms in total.